The molecule has 0 bridgehead atoms. The van der Waals surface area contributed by atoms with E-state index in [1.807, 2.05) is 29.1 Å². The van der Waals surface area contributed by atoms with Gasteiger partial charge in [-0.25, -0.2) is 19.9 Å². The van der Waals surface area contributed by atoms with Gasteiger partial charge in [0.15, 0.2) is 5.82 Å². The predicted molar refractivity (Wildman–Crippen MR) is 66.3 cm³/mol. The Morgan fingerprint density at radius 1 is 1.06 bits per heavy atom. The zero-order valence-corrected chi connectivity index (χ0v) is 9.28. The smallest absolute Gasteiger partial charge is 0.151 e. The summed E-state index contributed by atoms with van der Waals surface area (Å²) in [6, 6.07) is 3.92. The van der Waals surface area contributed by atoms with Gasteiger partial charge in [0.2, 0.25) is 0 Å². The van der Waals surface area contributed by atoms with Gasteiger partial charge in [0.05, 0.1) is 5.39 Å². The van der Waals surface area contributed by atoms with Crippen molar-refractivity contribution in [3.05, 3.63) is 43.4 Å². The Bertz CT molecular complexity index is 844. The number of H-pyrrole nitrogens is 1. The maximum atomic E-state index is 4.34. The van der Waals surface area contributed by atoms with Gasteiger partial charge in [-0.15, -0.1) is 0 Å². The first-order chi connectivity index (χ1) is 8.93. The van der Waals surface area contributed by atoms with Crippen LogP contribution in [0.4, 0.5) is 0 Å². The Kier molecular flexibility index (Phi) is 1.74. The summed E-state index contributed by atoms with van der Waals surface area (Å²) in [7, 11) is 0. The monoisotopic (exact) mass is 236 g/mol. The van der Waals surface area contributed by atoms with E-state index in [0.29, 0.717) is 0 Å². The van der Waals surface area contributed by atoms with E-state index in [4.69, 9.17) is 0 Å². The maximum absolute atomic E-state index is 4.34. The summed E-state index contributed by atoms with van der Waals surface area (Å²) in [4.78, 5) is 19.9. The molecule has 0 aromatic carbocycles. The fourth-order valence-electron chi connectivity index (χ4n) is 2.10. The van der Waals surface area contributed by atoms with Crippen LogP contribution < -0.4 is 0 Å². The zero-order valence-electron chi connectivity index (χ0n) is 9.28. The van der Waals surface area contributed by atoms with E-state index in [-0.39, 0.29) is 0 Å². The second kappa shape index (κ2) is 3.36. The summed E-state index contributed by atoms with van der Waals surface area (Å²) < 4.78 is 1.94. The van der Waals surface area contributed by atoms with Crippen molar-refractivity contribution in [2.45, 2.75) is 0 Å². The summed E-state index contributed by atoms with van der Waals surface area (Å²) in [6.45, 7) is 0. The molecule has 0 unspecified atom stereocenters. The SMILES string of the molecule is c1nc(-n2ccc3cncnc32)c2cc[nH]c2n1. The first-order valence-electron chi connectivity index (χ1n) is 5.49. The second-order valence-corrected chi connectivity index (χ2v) is 3.92. The van der Waals surface area contributed by atoms with E-state index < -0.39 is 0 Å². The fraction of sp³-hybridized carbons (Fsp3) is 0. The number of aromatic nitrogens is 6. The number of fused-ring (bicyclic) bond motifs is 2. The van der Waals surface area contributed by atoms with Crippen LogP contribution in [0.3, 0.4) is 0 Å². The molecule has 0 saturated carbocycles. The Hall–Kier alpha value is -2.76. The average Bonchev–Trinajstić information content (AvgIpc) is 3.05. The molecule has 4 rings (SSSR count). The van der Waals surface area contributed by atoms with Crippen LogP contribution in [0.25, 0.3) is 27.9 Å². The Balaban J connectivity index is 2.10. The number of hydrogen-bond acceptors (Lipinski definition) is 4. The lowest BCUT2D eigenvalue weighted by molar-refractivity contribution is 1.01. The summed E-state index contributed by atoms with van der Waals surface area (Å²) in [5, 5.41) is 1.95. The van der Waals surface area contributed by atoms with Crippen LogP contribution in [0.1, 0.15) is 0 Å². The Labute approximate surface area is 101 Å². The molecule has 86 valence electrons. The van der Waals surface area contributed by atoms with Gasteiger partial charge < -0.3 is 4.98 Å². The van der Waals surface area contributed by atoms with Gasteiger partial charge in [0.1, 0.15) is 23.9 Å². The van der Waals surface area contributed by atoms with Gasteiger partial charge in [0, 0.05) is 24.0 Å². The number of aromatic amines is 1. The Morgan fingerprint density at radius 3 is 3.06 bits per heavy atom. The highest BCUT2D eigenvalue weighted by Crippen LogP contribution is 2.21. The molecule has 1 N–H and O–H groups in total. The lowest BCUT2D eigenvalue weighted by atomic mass is 10.3. The minimum atomic E-state index is 0.815. The van der Waals surface area contributed by atoms with Crippen molar-refractivity contribution in [2.24, 2.45) is 0 Å². The Morgan fingerprint density at radius 2 is 2.06 bits per heavy atom. The van der Waals surface area contributed by atoms with Crippen molar-refractivity contribution in [1.82, 2.24) is 29.5 Å². The third-order valence-corrected chi connectivity index (χ3v) is 2.91. The molecule has 4 aromatic heterocycles. The number of hydrogen-bond donors (Lipinski definition) is 1. The van der Waals surface area contributed by atoms with Crippen LogP contribution in [-0.4, -0.2) is 29.5 Å². The van der Waals surface area contributed by atoms with E-state index in [0.717, 1.165) is 27.9 Å². The number of rotatable bonds is 1. The van der Waals surface area contributed by atoms with Crippen LogP contribution in [0, 0.1) is 0 Å². The molecule has 6 heteroatoms. The highest BCUT2D eigenvalue weighted by atomic mass is 15.1. The summed E-state index contributed by atoms with van der Waals surface area (Å²) in [5.74, 6) is 0.815. The van der Waals surface area contributed by atoms with E-state index in [1.54, 1.807) is 12.5 Å². The molecule has 0 aliphatic carbocycles. The third kappa shape index (κ3) is 1.17. The predicted octanol–water partition coefficient (Wildman–Crippen LogP) is 1.69. The summed E-state index contributed by atoms with van der Waals surface area (Å²) in [6.07, 6.45) is 8.65. The minimum Gasteiger partial charge on any atom is -0.346 e. The lowest BCUT2D eigenvalue weighted by Gasteiger charge is -2.04. The topological polar surface area (TPSA) is 72.3 Å². The first kappa shape index (κ1) is 9.29. The number of nitrogens with zero attached hydrogens (tertiary/aromatic N) is 5. The van der Waals surface area contributed by atoms with Crippen molar-refractivity contribution in [3.63, 3.8) is 0 Å². The molecule has 0 fully saturated rings. The van der Waals surface area contributed by atoms with Crippen molar-refractivity contribution in [1.29, 1.82) is 0 Å². The molecule has 0 aliphatic rings. The largest absolute Gasteiger partial charge is 0.346 e. The van der Waals surface area contributed by atoms with Gasteiger partial charge in [0.25, 0.3) is 0 Å². The van der Waals surface area contributed by atoms with Crippen molar-refractivity contribution >= 4 is 22.1 Å². The third-order valence-electron chi connectivity index (χ3n) is 2.91. The normalized spacial score (nSPS) is 11.3. The standard InChI is InChI=1S/C12H8N6/c1-3-14-10-9(1)12(17-7-15-10)18-4-2-8-5-13-6-16-11(8)18/h1-7H,(H,14,15,17). The lowest BCUT2D eigenvalue weighted by Crippen LogP contribution is -1.98. The molecule has 0 atom stereocenters. The highest BCUT2D eigenvalue weighted by molar-refractivity contribution is 5.86. The quantitative estimate of drug-likeness (QED) is 0.546. The van der Waals surface area contributed by atoms with Gasteiger partial charge in [-0.1, -0.05) is 0 Å². The van der Waals surface area contributed by atoms with E-state index in [1.165, 1.54) is 6.33 Å². The molecule has 6 nitrogen and oxygen atoms in total. The second-order valence-electron chi connectivity index (χ2n) is 3.92. The average molecular weight is 236 g/mol. The van der Waals surface area contributed by atoms with Crippen LogP contribution in [0.15, 0.2) is 43.4 Å². The molecule has 18 heavy (non-hydrogen) atoms. The first-order valence-corrected chi connectivity index (χ1v) is 5.49. The fourth-order valence-corrected chi connectivity index (χ4v) is 2.10. The molecule has 0 aliphatic heterocycles. The van der Waals surface area contributed by atoms with Crippen molar-refractivity contribution < 1.29 is 0 Å². The van der Waals surface area contributed by atoms with Crippen LogP contribution in [-0.2, 0) is 0 Å². The van der Waals surface area contributed by atoms with E-state index in [9.17, 15) is 0 Å². The van der Waals surface area contributed by atoms with E-state index >= 15 is 0 Å². The molecule has 0 amide bonds. The van der Waals surface area contributed by atoms with Crippen molar-refractivity contribution in [3.8, 4) is 5.82 Å². The molecular formula is C12H8N6. The molecule has 0 saturated heterocycles. The van der Waals surface area contributed by atoms with Crippen LogP contribution >= 0.6 is 0 Å². The molecule has 4 aromatic rings. The van der Waals surface area contributed by atoms with Crippen LogP contribution in [0.2, 0.25) is 0 Å². The molecule has 0 radical (unpaired) electrons. The summed E-state index contributed by atoms with van der Waals surface area (Å²) in [5.41, 5.74) is 1.65. The minimum absolute atomic E-state index is 0.815. The van der Waals surface area contributed by atoms with Gasteiger partial charge >= 0.3 is 0 Å². The molecular weight excluding hydrogens is 228 g/mol. The highest BCUT2D eigenvalue weighted by Gasteiger charge is 2.09. The molecule has 0 spiro atoms. The van der Waals surface area contributed by atoms with Crippen molar-refractivity contribution in [2.75, 3.05) is 0 Å². The van der Waals surface area contributed by atoms with Crippen LogP contribution in [0.5, 0.6) is 0 Å². The molecule has 4 heterocycles. The van der Waals surface area contributed by atoms with Gasteiger partial charge in [-0.2, -0.15) is 0 Å². The van der Waals surface area contributed by atoms with E-state index in [2.05, 4.69) is 24.9 Å². The number of nitrogens with one attached hydrogen (secondary N) is 1. The maximum Gasteiger partial charge on any atom is 0.151 e. The zero-order chi connectivity index (χ0) is 11.9. The van der Waals surface area contributed by atoms with Gasteiger partial charge in [-0.05, 0) is 12.1 Å². The van der Waals surface area contributed by atoms with Gasteiger partial charge in [-0.3, -0.25) is 4.57 Å². The summed E-state index contributed by atoms with van der Waals surface area (Å²) >= 11 is 0.